The van der Waals surface area contributed by atoms with Crippen LogP contribution in [0.5, 0.6) is 0 Å². The van der Waals surface area contributed by atoms with E-state index >= 15 is 0 Å². The smallest absolute Gasteiger partial charge is 0.410 e. The van der Waals surface area contributed by atoms with Crippen LogP contribution in [-0.4, -0.2) is 26.5 Å². The molecule has 1 aromatic heterocycles. The van der Waals surface area contributed by atoms with Gasteiger partial charge >= 0.3 is 6.09 Å². The van der Waals surface area contributed by atoms with E-state index in [4.69, 9.17) is 4.74 Å². The van der Waals surface area contributed by atoms with Gasteiger partial charge in [-0.2, -0.15) is 0 Å². The van der Waals surface area contributed by atoms with Crippen molar-refractivity contribution in [2.24, 2.45) is 0 Å². The first-order chi connectivity index (χ1) is 13.1. The Kier molecular flexibility index (Phi) is 5.22. The average molecular weight is 384 g/mol. The summed E-state index contributed by atoms with van der Waals surface area (Å²) in [4.78, 5) is 28.5. The molecule has 0 unspecified atom stereocenters. The van der Waals surface area contributed by atoms with E-state index < -0.39 is 10.5 Å². The Morgan fingerprint density at radius 3 is 2.64 bits per heavy atom. The highest BCUT2D eigenvalue weighted by atomic mass is 16.6. The lowest BCUT2D eigenvalue weighted by atomic mass is 10.1. The minimum Gasteiger partial charge on any atom is -0.444 e. The molecule has 2 heterocycles. The largest absolute Gasteiger partial charge is 0.444 e. The number of nitrogens with zero attached hydrogens (tertiary/aromatic N) is 3. The van der Waals surface area contributed by atoms with Gasteiger partial charge in [-0.25, -0.2) is 9.78 Å². The van der Waals surface area contributed by atoms with Gasteiger partial charge in [-0.3, -0.25) is 15.0 Å². The molecule has 1 amide bonds. The fourth-order valence-corrected chi connectivity index (χ4v) is 3.04. The summed E-state index contributed by atoms with van der Waals surface area (Å²) >= 11 is 0. The van der Waals surface area contributed by atoms with Gasteiger partial charge in [0.15, 0.2) is 0 Å². The molecule has 28 heavy (non-hydrogen) atoms. The minimum atomic E-state index is -0.517. The van der Waals surface area contributed by atoms with Gasteiger partial charge in [-0.1, -0.05) is 18.2 Å². The van der Waals surface area contributed by atoms with Gasteiger partial charge in [0, 0.05) is 25.7 Å². The van der Waals surface area contributed by atoms with Gasteiger partial charge in [0.25, 0.3) is 5.69 Å². The third-order valence-electron chi connectivity index (χ3n) is 4.38. The number of hydrogen-bond acceptors (Lipinski definition) is 6. The normalized spacial score (nSPS) is 13.2. The van der Waals surface area contributed by atoms with Crippen molar-refractivity contribution in [3.8, 4) is 0 Å². The van der Waals surface area contributed by atoms with Gasteiger partial charge in [-0.15, -0.1) is 0 Å². The first kappa shape index (κ1) is 19.6. The van der Waals surface area contributed by atoms with E-state index in [2.05, 4.69) is 16.4 Å². The molecule has 0 spiro atoms. The molecule has 1 aliphatic heterocycles. The summed E-state index contributed by atoms with van der Waals surface area (Å²) in [5, 5.41) is 14.0. The zero-order valence-corrected chi connectivity index (χ0v) is 16.5. The van der Waals surface area contributed by atoms with E-state index in [1.165, 1.54) is 12.3 Å². The number of nitrogens with one attached hydrogen (secondary N) is 1. The molecule has 0 fully saturated rings. The molecule has 1 aromatic carbocycles. The topological polar surface area (TPSA) is 97.6 Å². The third-order valence-corrected chi connectivity index (χ3v) is 4.38. The minimum absolute atomic E-state index is 0.0252. The van der Waals surface area contributed by atoms with Gasteiger partial charge in [0.2, 0.25) is 0 Å². The van der Waals surface area contributed by atoms with Crippen molar-refractivity contribution in [3.63, 3.8) is 0 Å². The number of amides is 1. The van der Waals surface area contributed by atoms with Crippen LogP contribution >= 0.6 is 0 Å². The molecule has 1 N–H and O–H groups in total. The molecule has 0 aliphatic carbocycles. The Labute approximate surface area is 163 Å². The highest BCUT2D eigenvalue weighted by molar-refractivity contribution is 5.69. The molecule has 8 heteroatoms. The van der Waals surface area contributed by atoms with Crippen molar-refractivity contribution < 1.29 is 14.5 Å². The first-order valence-electron chi connectivity index (χ1n) is 9.06. The molecule has 0 saturated heterocycles. The number of carbonyl (C=O) groups excluding carboxylic acids is 1. The van der Waals surface area contributed by atoms with E-state index in [0.29, 0.717) is 31.0 Å². The van der Waals surface area contributed by atoms with E-state index in [1.807, 2.05) is 32.9 Å². The summed E-state index contributed by atoms with van der Waals surface area (Å²) in [6.07, 6.45) is 0.936. The fraction of sp³-hybridized carbons (Fsp3) is 0.400. The highest BCUT2D eigenvalue weighted by Gasteiger charge is 2.27. The Morgan fingerprint density at radius 2 is 2.00 bits per heavy atom. The van der Waals surface area contributed by atoms with Crippen LogP contribution in [-0.2, 0) is 24.4 Å². The third kappa shape index (κ3) is 4.57. The summed E-state index contributed by atoms with van der Waals surface area (Å²) in [6.45, 7) is 8.94. The van der Waals surface area contributed by atoms with E-state index in [9.17, 15) is 14.9 Å². The molecule has 2 aromatic rings. The van der Waals surface area contributed by atoms with E-state index in [1.54, 1.807) is 11.8 Å². The Balaban J connectivity index is 1.64. The van der Waals surface area contributed by atoms with Crippen LogP contribution in [0.3, 0.4) is 0 Å². The number of fused-ring (bicyclic) bond motifs is 1. The fourth-order valence-electron chi connectivity index (χ4n) is 3.04. The number of ether oxygens (including phenoxy) is 1. The highest BCUT2D eigenvalue weighted by Crippen LogP contribution is 2.26. The molecule has 3 rings (SSSR count). The van der Waals surface area contributed by atoms with Crippen LogP contribution < -0.4 is 5.32 Å². The first-order valence-corrected chi connectivity index (χ1v) is 9.06. The number of carbonyl (C=O) groups is 1. The number of hydrogen-bond donors (Lipinski definition) is 1. The van der Waals surface area contributed by atoms with Crippen LogP contribution in [0.25, 0.3) is 0 Å². The van der Waals surface area contributed by atoms with Crippen molar-refractivity contribution in [3.05, 3.63) is 62.8 Å². The second kappa shape index (κ2) is 7.46. The lowest BCUT2D eigenvalue weighted by Gasteiger charge is -2.24. The lowest BCUT2D eigenvalue weighted by molar-refractivity contribution is -0.385. The standard InChI is InChI=1S/C20H24N4O4/c1-13-7-17(24(26)27)10-22-18(13)21-9-14-5-6-15-11-23(12-16(15)8-14)19(25)28-20(2,3)4/h5-8,10H,9,11-12H2,1-4H3,(H,21,22). The molecule has 0 saturated carbocycles. The van der Waals surface area contributed by atoms with Crippen molar-refractivity contribution in [1.29, 1.82) is 0 Å². The van der Waals surface area contributed by atoms with Crippen LogP contribution in [0, 0.1) is 17.0 Å². The Morgan fingerprint density at radius 1 is 1.29 bits per heavy atom. The molecular weight excluding hydrogens is 360 g/mol. The van der Waals surface area contributed by atoms with Gasteiger partial charge < -0.3 is 10.1 Å². The molecule has 8 nitrogen and oxygen atoms in total. The van der Waals surface area contributed by atoms with Crippen molar-refractivity contribution >= 4 is 17.6 Å². The zero-order valence-electron chi connectivity index (χ0n) is 16.5. The monoisotopic (exact) mass is 384 g/mol. The van der Waals surface area contributed by atoms with Crippen LogP contribution in [0.1, 0.15) is 43.0 Å². The maximum atomic E-state index is 12.3. The number of pyridine rings is 1. The molecular formula is C20H24N4O4. The van der Waals surface area contributed by atoms with Crippen molar-refractivity contribution in [2.75, 3.05) is 5.32 Å². The Bertz CT molecular complexity index is 921. The summed E-state index contributed by atoms with van der Waals surface area (Å²) < 4.78 is 5.45. The van der Waals surface area contributed by atoms with Crippen LogP contribution in [0.15, 0.2) is 30.5 Å². The predicted molar refractivity (Wildman–Crippen MR) is 105 cm³/mol. The maximum Gasteiger partial charge on any atom is 0.410 e. The molecule has 1 aliphatic rings. The quantitative estimate of drug-likeness (QED) is 0.628. The summed E-state index contributed by atoms with van der Waals surface area (Å²) in [5.74, 6) is 0.612. The molecule has 0 bridgehead atoms. The molecule has 0 atom stereocenters. The number of benzene rings is 1. The van der Waals surface area contributed by atoms with Gasteiger partial charge in [-0.05, 0) is 49.9 Å². The number of aromatic nitrogens is 1. The average Bonchev–Trinajstić information content (AvgIpc) is 3.02. The van der Waals surface area contributed by atoms with Gasteiger partial charge in [0.05, 0.1) is 4.92 Å². The van der Waals surface area contributed by atoms with Crippen LogP contribution in [0.4, 0.5) is 16.3 Å². The number of rotatable bonds is 4. The maximum absolute atomic E-state index is 12.3. The predicted octanol–water partition coefficient (Wildman–Crippen LogP) is 4.16. The second-order valence-corrected chi connectivity index (χ2v) is 7.91. The molecule has 0 radical (unpaired) electrons. The van der Waals surface area contributed by atoms with Crippen molar-refractivity contribution in [1.82, 2.24) is 9.88 Å². The number of nitro groups is 1. The summed E-state index contributed by atoms with van der Waals surface area (Å²) in [7, 11) is 0. The van der Waals surface area contributed by atoms with Crippen molar-refractivity contribution in [2.45, 2.75) is 52.9 Å². The Hall–Kier alpha value is -3.16. The van der Waals surface area contributed by atoms with Gasteiger partial charge in [0.1, 0.15) is 17.6 Å². The number of anilines is 1. The van der Waals surface area contributed by atoms with Crippen LogP contribution in [0.2, 0.25) is 0 Å². The zero-order chi connectivity index (χ0) is 20.5. The molecule has 148 valence electrons. The van der Waals surface area contributed by atoms with E-state index in [0.717, 1.165) is 16.7 Å². The van der Waals surface area contributed by atoms with E-state index in [-0.39, 0.29) is 11.8 Å². The number of aryl methyl sites for hydroxylation is 1. The SMILES string of the molecule is Cc1cc([N+](=O)[O-])cnc1NCc1ccc2c(c1)CN(C(=O)OC(C)(C)C)C2. The summed E-state index contributed by atoms with van der Waals surface area (Å²) in [6, 6.07) is 7.59. The summed E-state index contributed by atoms with van der Waals surface area (Å²) in [5.41, 5.74) is 3.42. The second-order valence-electron chi connectivity index (χ2n) is 7.91. The lowest BCUT2D eigenvalue weighted by Crippen LogP contribution is -2.33.